The van der Waals surface area contributed by atoms with Gasteiger partial charge in [-0.1, -0.05) is 5.92 Å². The first-order valence-corrected chi connectivity index (χ1v) is 4.37. The Hall–Kier alpha value is -1.69. The van der Waals surface area contributed by atoms with Crippen LogP contribution in [0.15, 0.2) is 18.2 Å². The summed E-state index contributed by atoms with van der Waals surface area (Å²) in [4.78, 5) is 0. The molecule has 0 saturated carbocycles. The summed E-state index contributed by atoms with van der Waals surface area (Å²) in [5.74, 6) is 2.61. The highest BCUT2D eigenvalue weighted by atomic mass is 19.1. The fraction of sp³-hybridized carbons (Fsp3) is 0.273. The molecule has 0 fully saturated rings. The maximum atomic E-state index is 12.8. The van der Waals surface area contributed by atoms with Gasteiger partial charge in [-0.05, 0) is 19.1 Å². The van der Waals surface area contributed by atoms with Gasteiger partial charge in [-0.2, -0.15) is 0 Å². The molecule has 74 valence electrons. The van der Waals surface area contributed by atoms with Gasteiger partial charge < -0.3 is 10.1 Å². The van der Waals surface area contributed by atoms with Crippen molar-refractivity contribution in [1.29, 1.82) is 0 Å². The normalized spacial score (nSPS) is 9.21. The SMILES string of the molecule is C#CCNc1ccc(F)cc1OCC. The third kappa shape index (κ3) is 2.67. The minimum atomic E-state index is -0.320. The van der Waals surface area contributed by atoms with Gasteiger partial charge in [0.2, 0.25) is 0 Å². The highest BCUT2D eigenvalue weighted by Gasteiger charge is 2.03. The van der Waals surface area contributed by atoms with Gasteiger partial charge in [0.15, 0.2) is 0 Å². The number of hydrogen-bond donors (Lipinski definition) is 1. The molecule has 0 unspecified atom stereocenters. The van der Waals surface area contributed by atoms with Crippen molar-refractivity contribution in [3.05, 3.63) is 24.0 Å². The number of rotatable bonds is 4. The number of ether oxygens (including phenoxy) is 1. The van der Waals surface area contributed by atoms with E-state index < -0.39 is 0 Å². The highest BCUT2D eigenvalue weighted by Crippen LogP contribution is 2.24. The van der Waals surface area contributed by atoms with E-state index in [2.05, 4.69) is 11.2 Å². The van der Waals surface area contributed by atoms with Crippen LogP contribution >= 0.6 is 0 Å². The average molecular weight is 193 g/mol. The number of hydrogen-bond acceptors (Lipinski definition) is 2. The van der Waals surface area contributed by atoms with Gasteiger partial charge >= 0.3 is 0 Å². The quantitative estimate of drug-likeness (QED) is 0.740. The minimum absolute atomic E-state index is 0.320. The van der Waals surface area contributed by atoms with Crippen LogP contribution in [0.1, 0.15) is 6.92 Å². The lowest BCUT2D eigenvalue weighted by Gasteiger charge is -2.10. The smallest absolute Gasteiger partial charge is 0.145 e. The Balaban J connectivity index is 2.85. The van der Waals surface area contributed by atoms with Crippen LogP contribution < -0.4 is 10.1 Å². The zero-order valence-corrected chi connectivity index (χ0v) is 8.01. The lowest BCUT2D eigenvalue weighted by Crippen LogP contribution is -2.02. The van der Waals surface area contributed by atoms with E-state index in [1.165, 1.54) is 12.1 Å². The predicted octanol–water partition coefficient (Wildman–Crippen LogP) is 2.27. The van der Waals surface area contributed by atoms with Crippen LogP contribution in [0, 0.1) is 18.2 Å². The van der Waals surface area contributed by atoms with Gasteiger partial charge in [-0.25, -0.2) is 4.39 Å². The monoisotopic (exact) mass is 193 g/mol. The van der Waals surface area contributed by atoms with Gasteiger partial charge in [-0.15, -0.1) is 6.42 Å². The van der Waals surface area contributed by atoms with Crippen LogP contribution in [0.5, 0.6) is 5.75 Å². The molecule has 0 atom stereocenters. The first-order chi connectivity index (χ1) is 6.77. The summed E-state index contributed by atoms with van der Waals surface area (Å²) in [6, 6.07) is 4.31. The molecular weight excluding hydrogens is 181 g/mol. The largest absolute Gasteiger partial charge is 0.492 e. The second kappa shape index (κ2) is 5.13. The van der Waals surface area contributed by atoms with Gasteiger partial charge in [0, 0.05) is 6.07 Å². The topological polar surface area (TPSA) is 21.3 Å². The van der Waals surface area contributed by atoms with E-state index >= 15 is 0 Å². The Labute approximate surface area is 83.1 Å². The summed E-state index contributed by atoms with van der Waals surface area (Å²) in [7, 11) is 0. The molecule has 1 N–H and O–H groups in total. The fourth-order valence-corrected chi connectivity index (χ4v) is 1.06. The molecule has 1 rings (SSSR count). The molecule has 3 heteroatoms. The van der Waals surface area contributed by atoms with Crippen molar-refractivity contribution in [3.8, 4) is 18.1 Å². The minimum Gasteiger partial charge on any atom is -0.492 e. The molecular formula is C11H12FNO. The van der Waals surface area contributed by atoms with E-state index in [4.69, 9.17) is 11.2 Å². The summed E-state index contributed by atoms with van der Waals surface area (Å²) in [6.45, 7) is 2.73. The third-order valence-electron chi connectivity index (χ3n) is 1.62. The first-order valence-electron chi connectivity index (χ1n) is 4.37. The van der Waals surface area contributed by atoms with Crippen molar-refractivity contribution >= 4 is 5.69 Å². The zero-order chi connectivity index (χ0) is 10.4. The van der Waals surface area contributed by atoms with Crippen LogP contribution in [-0.4, -0.2) is 13.2 Å². The number of halogens is 1. The van der Waals surface area contributed by atoms with Gasteiger partial charge in [0.25, 0.3) is 0 Å². The molecule has 0 aliphatic heterocycles. The molecule has 0 aromatic heterocycles. The van der Waals surface area contributed by atoms with Gasteiger partial charge in [0.05, 0.1) is 18.8 Å². The van der Waals surface area contributed by atoms with E-state index in [9.17, 15) is 4.39 Å². The van der Waals surface area contributed by atoms with E-state index in [0.717, 1.165) is 0 Å². The van der Waals surface area contributed by atoms with Crippen molar-refractivity contribution in [2.75, 3.05) is 18.5 Å². The predicted molar refractivity (Wildman–Crippen MR) is 54.9 cm³/mol. The Bertz CT molecular complexity index is 344. The lowest BCUT2D eigenvalue weighted by atomic mass is 10.3. The molecule has 0 aliphatic rings. The molecule has 1 aromatic carbocycles. The molecule has 0 spiro atoms. The van der Waals surface area contributed by atoms with E-state index in [-0.39, 0.29) is 5.82 Å². The maximum absolute atomic E-state index is 12.8. The second-order valence-electron chi connectivity index (χ2n) is 2.63. The van der Waals surface area contributed by atoms with Crippen LogP contribution in [-0.2, 0) is 0 Å². The molecule has 1 aromatic rings. The highest BCUT2D eigenvalue weighted by molar-refractivity contribution is 5.56. The lowest BCUT2D eigenvalue weighted by molar-refractivity contribution is 0.340. The van der Waals surface area contributed by atoms with E-state index in [0.29, 0.717) is 24.6 Å². The molecule has 0 amide bonds. The van der Waals surface area contributed by atoms with Crippen molar-refractivity contribution in [1.82, 2.24) is 0 Å². The van der Waals surface area contributed by atoms with Gasteiger partial charge in [-0.3, -0.25) is 0 Å². The first kappa shape index (κ1) is 10.4. The average Bonchev–Trinajstić information content (AvgIpc) is 2.17. The molecule has 0 heterocycles. The van der Waals surface area contributed by atoms with Crippen molar-refractivity contribution in [3.63, 3.8) is 0 Å². The van der Waals surface area contributed by atoms with Crippen molar-refractivity contribution in [2.24, 2.45) is 0 Å². The summed E-state index contributed by atoms with van der Waals surface area (Å²) in [6.07, 6.45) is 5.10. The second-order valence-corrected chi connectivity index (χ2v) is 2.63. The summed E-state index contributed by atoms with van der Waals surface area (Å²) in [5.41, 5.74) is 0.714. The molecule has 0 radical (unpaired) electrons. The Kier molecular flexibility index (Phi) is 3.81. The van der Waals surface area contributed by atoms with Gasteiger partial charge in [0.1, 0.15) is 11.6 Å². The summed E-state index contributed by atoms with van der Waals surface area (Å²) >= 11 is 0. The number of anilines is 1. The summed E-state index contributed by atoms with van der Waals surface area (Å²) in [5, 5.41) is 2.95. The molecule has 2 nitrogen and oxygen atoms in total. The van der Waals surface area contributed by atoms with Crippen LogP contribution in [0.3, 0.4) is 0 Å². The van der Waals surface area contributed by atoms with E-state index in [1.807, 2.05) is 6.92 Å². The molecule has 0 bridgehead atoms. The summed E-state index contributed by atoms with van der Waals surface area (Å²) < 4.78 is 18.1. The van der Waals surface area contributed by atoms with Crippen LogP contribution in [0.4, 0.5) is 10.1 Å². The maximum Gasteiger partial charge on any atom is 0.145 e. The Morgan fingerprint density at radius 1 is 1.57 bits per heavy atom. The number of terminal acetylenes is 1. The zero-order valence-electron chi connectivity index (χ0n) is 8.01. The molecule has 14 heavy (non-hydrogen) atoms. The van der Waals surface area contributed by atoms with Crippen LogP contribution in [0.2, 0.25) is 0 Å². The van der Waals surface area contributed by atoms with Crippen LogP contribution in [0.25, 0.3) is 0 Å². The van der Waals surface area contributed by atoms with E-state index in [1.54, 1.807) is 6.07 Å². The Morgan fingerprint density at radius 2 is 2.36 bits per heavy atom. The molecule has 0 aliphatic carbocycles. The fourth-order valence-electron chi connectivity index (χ4n) is 1.06. The van der Waals surface area contributed by atoms with Crippen molar-refractivity contribution < 1.29 is 9.13 Å². The standard InChI is InChI=1S/C11H12FNO/c1-3-7-13-10-6-5-9(12)8-11(10)14-4-2/h1,5-6,8,13H,4,7H2,2H3. The Morgan fingerprint density at radius 3 is 3.00 bits per heavy atom. The number of nitrogens with one attached hydrogen (secondary N) is 1. The number of benzene rings is 1. The molecule has 0 saturated heterocycles. The van der Waals surface area contributed by atoms with Crippen molar-refractivity contribution in [2.45, 2.75) is 6.92 Å². The third-order valence-corrected chi connectivity index (χ3v) is 1.62.